The average molecular weight is 405 g/mol. The molecule has 138 valence electrons. The number of amides is 1. The molecule has 1 amide bonds. The summed E-state index contributed by atoms with van der Waals surface area (Å²) in [6, 6.07) is 14.1. The fourth-order valence-electron chi connectivity index (χ4n) is 2.52. The molecule has 0 saturated heterocycles. The standard InChI is InChI=1S/C19H14Cl2N2O4/c1-11(12-2-4-13(20)5-3-12)22-19(24)18-9-8-17(27-18)15-7-6-14(23(25)26)10-16(15)21/h2-11H,1H3,(H,22,24). The number of carbonyl (C=O) groups excluding carboxylic acids is 1. The number of nitrogens with zero attached hydrogens (tertiary/aromatic N) is 1. The van der Waals surface area contributed by atoms with E-state index < -0.39 is 4.92 Å². The van der Waals surface area contributed by atoms with E-state index >= 15 is 0 Å². The number of non-ortho nitro benzene ring substituents is 1. The van der Waals surface area contributed by atoms with Crippen molar-refractivity contribution in [3.8, 4) is 11.3 Å². The van der Waals surface area contributed by atoms with Crippen LogP contribution in [0.15, 0.2) is 59.0 Å². The summed E-state index contributed by atoms with van der Waals surface area (Å²) in [7, 11) is 0. The molecule has 0 aliphatic heterocycles. The van der Waals surface area contributed by atoms with Crippen molar-refractivity contribution < 1.29 is 14.1 Å². The summed E-state index contributed by atoms with van der Waals surface area (Å²) in [4.78, 5) is 22.7. The molecule has 6 nitrogen and oxygen atoms in total. The molecule has 0 saturated carbocycles. The van der Waals surface area contributed by atoms with Crippen molar-refractivity contribution in [3.63, 3.8) is 0 Å². The number of nitrogens with one attached hydrogen (secondary N) is 1. The molecule has 1 unspecified atom stereocenters. The minimum Gasteiger partial charge on any atom is -0.451 e. The molecule has 0 spiro atoms. The van der Waals surface area contributed by atoms with Crippen LogP contribution >= 0.6 is 23.2 Å². The Balaban J connectivity index is 1.76. The quantitative estimate of drug-likeness (QED) is 0.439. The van der Waals surface area contributed by atoms with Crippen molar-refractivity contribution >= 4 is 34.8 Å². The highest BCUT2D eigenvalue weighted by Gasteiger charge is 2.18. The second-order valence-corrected chi connectivity index (χ2v) is 6.68. The van der Waals surface area contributed by atoms with Gasteiger partial charge < -0.3 is 9.73 Å². The van der Waals surface area contributed by atoms with Gasteiger partial charge in [-0.05, 0) is 42.8 Å². The summed E-state index contributed by atoms with van der Waals surface area (Å²) in [5.41, 5.74) is 1.25. The van der Waals surface area contributed by atoms with Crippen LogP contribution in [0.1, 0.15) is 29.1 Å². The highest BCUT2D eigenvalue weighted by Crippen LogP contribution is 2.32. The number of carbonyl (C=O) groups is 1. The van der Waals surface area contributed by atoms with Crippen LogP contribution in [0.4, 0.5) is 5.69 Å². The summed E-state index contributed by atoms with van der Waals surface area (Å²) < 4.78 is 5.58. The molecular weight excluding hydrogens is 391 g/mol. The molecular formula is C19H14Cl2N2O4. The lowest BCUT2D eigenvalue weighted by Gasteiger charge is -2.13. The molecule has 0 bridgehead atoms. The molecule has 0 fully saturated rings. The largest absolute Gasteiger partial charge is 0.451 e. The van der Waals surface area contributed by atoms with Crippen molar-refractivity contribution in [2.75, 3.05) is 0 Å². The second-order valence-electron chi connectivity index (χ2n) is 5.83. The third kappa shape index (κ3) is 4.30. The fourth-order valence-corrected chi connectivity index (χ4v) is 2.92. The first-order valence-electron chi connectivity index (χ1n) is 7.95. The maximum atomic E-state index is 12.4. The number of furan rings is 1. The van der Waals surface area contributed by atoms with Crippen molar-refractivity contribution in [2.24, 2.45) is 0 Å². The van der Waals surface area contributed by atoms with E-state index in [1.54, 1.807) is 18.2 Å². The summed E-state index contributed by atoms with van der Waals surface area (Å²) in [5, 5.41) is 14.4. The van der Waals surface area contributed by atoms with Gasteiger partial charge in [-0.3, -0.25) is 14.9 Å². The number of nitro groups is 1. The van der Waals surface area contributed by atoms with Gasteiger partial charge in [0.2, 0.25) is 0 Å². The topological polar surface area (TPSA) is 85.4 Å². The Morgan fingerprint density at radius 1 is 1.11 bits per heavy atom. The molecule has 1 heterocycles. The summed E-state index contributed by atoms with van der Waals surface area (Å²) >= 11 is 12.0. The molecule has 0 radical (unpaired) electrons. The lowest BCUT2D eigenvalue weighted by atomic mass is 10.1. The summed E-state index contributed by atoms with van der Waals surface area (Å²) in [5.74, 6) is 0.0705. The van der Waals surface area contributed by atoms with Crippen molar-refractivity contribution in [1.82, 2.24) is 5.32 Å². The zero-order valence-corrected chi connectivity index (χ0v) is 15.6. The Hall–Kier alpha value is -2.83. The van der Waals surface area contributed by atoms with Gasteiger partial charge in [-0.25, -0.2) is 0 Å². The van der Waals surface area contributed by atoms with E-state index in [-0.39, 0.29) is 28.4 Å². The maximum absolute atomic E-state index is 12.4. The molecule has 1 N–H and O–H groups in total. The van der Waals surface area contributed by atoms with E-state index in [0.29, 0.717) is 16.3 Å². The Morgan fingerprint density at radius 2 is 1.81 bits per heavy atom. The summed E-state index contributed by atoms with van der Waals surface area (Å²) in [6.07, 6.45) is 0. The van der Waals surface area contributed by atoms with E-state index in [1.165, 1.54) is 24.3 Å². The monoisotopic (exact) mass is 404 g/mol. The van der Waals surface area contributed by atoms with Crippen molar-refractivity contribution in [1.29, 1.82) is 0 Å². The van der Waals surface area contributed by atoms with Gasteiger partial charge in [0, 0.05) is 22.7 Å². The molecule has 1 atom stereocenters. The van der Waals surface area contributed by atoms with Crippen LogP contribution in [0.25, 0.3) is 11.3 Å². The third-order valence-corrected chi connectivity index (χ3v) is 4.54. The number of benzene rings is 2. The molecule has 3 rings (SSSR count). The SMILES string of the molecule is CC(NC(=O)c1ccc(-c2ccc([N+](=O)[O-])cc2Cl)o1)c1ccc(Cl)cc1. The van der Waals surface area contributed by atoms with E-state index in [1.807, 2.05) is 19.1 Å². The fraction of sp³-hybridized carbons (Fsp3) is 0.105. The molecule has 2 aromatic carbocycles. The number of hydrogen-bond donors (Lipinski definition) is 1. The molecule has 0 aliphatic carbocycles. The first-order valence-corrected chi connectivity index (χ1v) is 8.71. The Bertz CT molecular complexity index is 999. The molecule has 8 heteroatoms. The molecule has 3 aromatic rings. The minimum absolute atomic E-state index is 0.111. The van der Waals surface area contributed by atoms with Gasteiger partial charge in [0.15, 0.2) is 5.76 Å². The van der Waals surface area contributed by atoms with E-state index in [0.717, 1.165) is 5.56 Å². The smallest absolute Gasteiger partial charge is 0.287 e. The van der Waals surface area contributed by atoms with Gasteiger partial charge in [0.25, 0.3) is 11.6 Å². The van der Waals surface area contributed by atoms with Gasteiger partial charge in [0.1, 0.15) is 5.76 Å². The Morgan fingerprint density at radius 3 is 2.44 bits per heavy atom. The Labute approximate surface area is 164 Å². The minimum atomic E-state index is -0.533. The number of hydrogen-bond acceptors (Lipinski definition) is 4. The third-order valence-electron chi connectivity index (χ3n) is 3.98. The van der Waals surface area contributed by atoms with Crippen LogP contribution < -0.4 is 5.32 Å². The summed E-state index contributed by atoms with van der Waals surface area (Å²) in [6.45, 7) is 1.85. The highest BCUT2D eigenvalue weighted by atomic mass is 35.5. The molecule has 27 heavy (non-hydrogen) atoms. The van der Waals surface area contributed by atoms with E-state index in [4.69, 9.17) is 27.6 Å². The van der Waals surface area contributed by atoms with Crippen LogP contribution in [0.2, 0.25) is 10.0 Å². The number of halogens is 2. The van der Waals surface area contributed by atoms with Gasteiger partial charge in [-0.2, -0.15) is 0 Å². The predicted molar refractivity (Wildman–Crippen MR) is 103 cm³/mol. The van der Waals surface area contributed by atoms with Crippen LogP contribution in [-0.2, 0) is 0 Å². The lowest BCUT2D eigenvalue weighted by molar-refractivity contribution is -0.384. The average Bonchev–Trinajstić information content (AvgIpc) is 3.12. The van der Waals surface area contributed by atoms with Crippen molar-refractivity contribution in [2.45, 2.75) is 13.0 Å². The van der Waals surface area contributed by atoms with Crippen LogP contribution in [0.5, 0.6) is 0 Å². The number of nitro benzene ring substituents is 1. The first-order chi connectivity index (χ1) is 12.8. The maximum Gasteiger partial charge on any atom is 0.287 e. The van der Waals surface area contributed by atoms with Gasteiger partial charge in [-0.1, -0.05) is 35.3 Å². The molecule has 1 aromatic heterocycles. The normalized spacial score (nSPS) is 11.8. The zero-order chi connectivity index (χ0) is 19.6. The number of rotatable bonds is 5. The van der Waals surface area contributed by atoms with Gasteiger partial charge in [0.05, 0.1) is 16.0 Å². The van der Waals surface area contributed by atoms with Gasteiger partial charge >= 0.3 is 0 Å². The van der Waals surface area contributed by atoms with Crippen LogP contribution in [-0.4, -0.2) is 10.8 Å². The second kappa shape index (κ2) is 7.82. The molecule has 0 aliphatic rings. The Kier molecular flexibility index (Phi) is 5.48. The van der Waals surface area contributed by atoms with Crippen LogP contribution in [0.3, 0.4) is 0 Å². The zero-order valence-electron chi connectivity index (χ0n) is 14.1. The van der Waals surface area contributed by atoms with Crippen LogP contribution in [0, 0.1) is 10.1 Å². The lowest BCUT2D eigenvalue weighted by Crippen LogP contribution is -2.26. The van der Waals surface area contributed by atoms with E-state index in [9.17, 15) is 14.9 Å². The highest BCUT2D eigenvalue weighted by molar-refractivity contribution is 6.33. The first kappa shape index (κ1) is 18.9. The van der Waals surface area contributed by atoms with Crippen molar-refractivity contribution in [3.05, 3.63) is 86.1 Å². The van der Waals surface area contributed by atoms with E-state index in [2.05, 4.69) is 5.32 Å². The van der Waals surface area contributed by atoms with Gasteiger partial charge in [-0.15, -0.1) is 0 Å². The predicted octanol–water partition coefficient (Wildman–Crippen LogP) is 5.65.